The Bertz CT molecular complexity index is 1710. The second-order valence-corrected chi connectivity index (χ2v) is 11.7. The highest BCUT2D eigenvalue weighted by Crippen LogP contribution is 2.36. The zero-order chi connectivity index (χ0) is 30.3. The summed E-state index contributed by atoms with van der Waals surface area (Å²) in [5, 5.41) is 18.7. The number of nitrogens with zero attached hydrogens (tertiary/aromatic N) is 4. The Balaban J connectivity index is 1.44. The van der Waals surface area contributed by atoms with Crippen LogP contribution in [0.3, 0.4) is 0 Å². The maximum Gasteiger partial charge on any atom is 0.393 e. The van der Waals surface area contributed by atoms with Crippen molar-refractivity contribution in [3.8, 4) is 0 Å². The number of carboxylic acid groups (broad SMARTS) is 1. The Morgan fingerprint density at radius 1 is 0.977 bits per heavy atom. The van der Waals surface area contributed by atoms with Gasteiger partial charge in [-0.25, -0.2) is 4.68 Å². The summed E-state index contributed by atoms with van der Waals surface area (Å²) in [6, 6.07) is 14.6. The van der Waals surface area contributed by atoms with Crippen LogP contribution in [0.4, 0.5) is 13.2 Å². The fraction of sp³-hybridized carbons (Fsp3) is 0.394. The van der Waals surface area contributed by atoms with Crippen LogP contribution in [0, 0.1) is 6.92 Å². The molecule has 43 heavy (non-hydrogen) atoms. The molecule has 1 aromatic heterocycles. The van der Waals surface area contributed by atoms with Gasteiger partial charge in [-0.2, -0.15) is 13.2 Å². The zero-order valence-corrected chi connectivity index (χ0v) is 24.0. The molecule has 5 aliphatic heterocycles. The minimum Gasteiger partial charge on any atom is -0.481 e. The lowest BCUT2D eigenvalue weighted by Gasteiger charge is -2.30. The van der Waals surface area contributed by atoms with Crippen molar-refractivity contribution >= 4 is 22.9 Å². The summed E-state index contributed by atoms with van der Waals surface area (Å²) < 4.78 is 42.5. The fourth-order valence-electron chi connectivity index (χ4n) is 6.59. The quantitative estimate of drug-likeness (QED) is 0.299. The average molecular weight is 591 g/mol. The molecule has 1 amide bonds. The highest BCUT2D eigenvalue weighted by molar-refractivity contribution is 5.94. The van der Waals surface area contributed by atoms with Crippen LogP contribution < -0.4 is 0 Å². The number of amides is 1. The van der Waals surface area contributed by atoms with Crippen molar-refractivity contribution in [2.24, 2.45) is 0 Å². The largest absolute Gasteiger partial charge is 0.481 e. The predicted octanol–water partition coefficient (Wildman–Crippen LogP) is 6.38. The Kier molecular flexibility index (Phi) is 7.70. The molecule has 10 heteroatoms. The van der Waals surface area contributed by atoms with Crippen molar-refractivity contribution < 1.29 is 27.9 Å². The van der Waals surface area contributed by atoms with Crippen molar-refractivity contribution in [3.63, 3.8) is 0 Å². The van der Waals surface area contributed by atoms with Gasteiger partial charge in [0, 0.05) is 31.1 Å². The molecule has 0 saturated carbocycles. The summed E-state index contributed by atoms with van der Waals surface area (Å²) in [5.74, 6) is -1.66. The van der Waals surface area contributed by atoms with Gasteiger partial charge in [0.1, 0.15) is 5.52 Å². The normalized spacial score (nSPS) is 17.6. The van der Waals surface area contributed by atoms with Crippen LogP contribution in [0.15, 0.2) is 48.5 Å². The van der Waals surface area contributed by atoms with Crippen molar-refractivity contribution in [1.29, 1.82) is 0 Å². The molecular weight excluding hydrogens is 557 g/mol. The molecule has 0 radical (unpaired) electrons. The Morgan fingerprint density at radius 2 is 1.79 bits per heavy atom. The number of aliphatic carboxylic acids is 1. The second-order valence-electron chi connectivity index (χ2n) is 11.7. The molecule has 0 unspecified atom stereocenters. The maximum absolute atomic E-state index is 13.6. The number of aryl methyl sites for hydroxylation is 3. The van der Waals surface area contributed by atoms with E-state index < -0.39 is 24.5 Å². The van der Waals surface area contributed by atoms with E-state index >= 15 is 0 Å². The fourth-order valence-corrected chi connectivity index (χ4v) is 6.59. The van der Waals surface area contributed by atoms with E-state index in [-0.39, 0.29) is 23.5 Å². The molecule has 6 heterocycles. The monoisotopic (exact) mass is 590 g/mol. The van der Waals surface area contributed by atoms with Gasteiger partial charge in [0.05, 0.1) is 18.4 Å². The Morgan fingerprint density at radius 3 is 2.58 bits per heavy atom. The molecule has 0 spiro atoms. The third kappa shape index (κ3) is 6.00. The molecule has 0 fully saturated rings. The summed E-state index contributed by atoms with van der Waals surface area (Å²) in [7, 11) is 0. The van der Waals surface area contributed by atoms with Gasteiger partial charge in [-0.05, 0) is 89.8 Å². The Hall–Kier alpha value is -4.21. The molecule has 1 atom stereocenters. The number of aromatic nitrogens is 3. The molecule has 0 aliphatic carbocycles. The van der Waals surface area contributed by atoms with Crippen molar-refractivity contribution in [2.75, 3.05) is 6.54 Å². The number of rotatable bonds is 3. The first-order valence-electron chi connectivity index (χ1n) is 14.7. The van der Waals surface area contributed by atoms with E-state index in [1.165, 1.54) is 6.07 Å². The van der Waals surface area contributed by atoms with Crippen LogP contribution in [0.25, 0.3) is 11.0 Å². The number of alkyl halides is 3. The number of carbonyl (C=O) groups is 2. The van der Waals surface area contributed by atoms with E-state index in [1.807, 2.05) is 41.9 Å². The lowest BCUT2D eigenvalue weighted by Crippen LogP contribution is -2.36. The molecular formula is C33H33F3N4O3. The van der Waals surface area contributed by atoms with Crippen molar-refractivity contribution in [2.45, 2.75) is 77.1 Å². The van der Waals surface area contributed by atoms with Gasteiger partial charge in [-0.15, -0.1) is 5.10 Å². The van der Waals surface area contributed by atoms with Crippen LogP contribution >= 0.6 is 0 Å². The van der Waals surface area contributed by atoms with Crippen LogP contribution in [0.5, 0.6) is 0 Å². The summed E-state index contributed by atoms with van der Waals surface area (Å²) in [6.07, 6.45) is -2.22. The maximum atomic E-state index is 13.6. The predicted molar refractivity (Wildman–Crippen MR) is 155 cm³/mol. The first-order chi connectivity index (χ1) is 20.6. The molecule has 224 valence electrons. The number of halogens is 3. The number of carbonyl (C=O) groups excluding carboxylic acids is 1. The summed E-state index contributed by atoms with van der Waals surface area (Å²) in [4.78, 5) is 27.3. The van der Waals surface area contributed by atoms with E-state index in [4.69, 9.17) is 0 Å². The molecule has 9 bridgehead atoms. The van der Waals surface area contributed by atoms with Crippen molar-refractivity contribution in [1.82, 2.24) is 19.9 Å². The first kappa shape index (κ1) is 28.9. The van der Waals surface area contributed by atoms with E-state index in [0.717, 1.165) is 51.7 Å². The van der Waals surface area contributed by atoms with Gasteiger partial charge in [-0.1, -0.05) is 42.0 Å². The highest BCUT2D eigenvalue weighted by Gasteiger charge is 2.30. The molecule has 9 rings (SSSR count). The summed E-state index contributed by atoms with van der Waals surface area (Å²) in [6.45, 7) is 3.30. The lowest BCUT2D eigenvalue weighted by molar-refractivity contribution is -0.137. The average Bonchev–Trinajstić information content (AvgIpc) is 3.38. The molecule has 1 N–H and O–H groups in total. The molecule has 0 saturated heterocycles. The number of hydrogen-bond donors (Lipinski definition) is 1. The van der Waals surface area contributed by atoms with Gasteiger partial charge in [0.15, 0.2) is 0 Å². The van der Waals surface area contributed by atoms with Crippen LogP contribution in [-0.4, -0.2) is 49.6 Å². The zero-order valence-electron chi connectivity index (χ0n) is 24.0. The SMILES string of the molecule is Cc1c2ccc3c1nnn3CCCCCc1ccc(cc1CC(F)(F)F)C(=O)N1CCc3ccc(cc3C1)[C@@H]2CC(=O)O. The molecule has 3 aromatic carbocycles. The lowest BCUT2D eigenvalue weighted by atomic mass is 9.83. The van der Waals surface area contributed by atoms with Gasteiger partial charge in [-0.3, -0.25) is 9.59 Å². The topological polar surface area (TPSA) is 88.3 Å². The van der Waals surface area contributed by atoms with E-state index in [2.05, 4.69) is 10.3 Å². The van der Waals surface area contributed by atoms with Gasteiger partial charge in [0.2, 0.25) is 0 Å². The number of carboxylic acids is 1. The Labute approximate surface area is 247 Å². The second kappa shape index (κ2) is 11.5. The minimum absolute atomic E-state index is 0.115. The number of hydrogen-bond acceptors (Lipinski definition) is 4. The minimum atomic E-state index is -4.39. The van der Waals surface area contributed by atoms with Gasteiger partial charge >= 0.3 is 12.1 Å². The van der Waals surface area contributed by atoms with Crippen molar-refractivity contribution in [3.05, 3.63) is 93.0 Å². The van der Waals surface area contributed by atoms with E-state index in [1.54, 1.807) is 17.0 Å². The third-order valence-corrected chi connectivity index (χ3v) is 8.83. The summed E-state index contributed by atoms with van der Waals surface area (Å²) >= 11 is 0. The first-order valence-corrected chi connectivity index (χ1v) is 14.7. The van der Waals surface area contributed by atoms with Crippen LogP contribution in [-0.2, 0) is 37.1 Å². The smallest absolute Gasteiger partial charge is 0.393 e. The van der Waals surface area contributed by atoms with Crippen LogP contribution in [0.1, 0.15) is 80.9 Å². The highest BCUT2D eigenvalue weighted by atomic mass is 19.4. The molecule has 7 nitrogen and oxygen atoms in total. The van der Waals surface area contributed by atoms with E-state index in [0.29, 0.717) is 44.5 Å². The van der Waals surface area contributed by atoms with Crippen LogP contribution in [0.2, 0.25) is 0 Å². The molecule has 5 aliphatic rings. The summed E-state index contributed by atoms with van der Waals surface area (Å²) in [5.41, 5.74) is 7.17. The molecule has 4 aromatic rings. The van der Waals surface area contributed by atoms with Gasteiger partial charge in [0.25, 0.3) is 5.91 Å². The number of benzene rings is 3. The van der Waals surface area contributed by atoms with Gasteiger partial charge < -0.3 is 10.0 Å². The van der Waals surface area contributed by atoms with E-state index in [9.17, 15) is 27.9 Å². The third-order valence-electron chi connectivity index (χ3n) is 8.83. The standard InChI is InChI=1S/C33H33F3N4O3/c1-20-27-10-11-29-31(20)37-38-40(29)13-4-2-3-5-21-7-9-24(16-25(21)18-33(34,35)36)32(43)39-14-12-22-6-8-23(15-26(22)19-39)28(27)17-30(41)42/h6-11,15-16,28H,2-5,12-14,17-19H2,1H3,(H,41,42)/t28-/m0/s1.